The van der Waals surface area contributed by atoms with Crippen molar-refractivity contribution in [3.8, 4) is 0 Å². The van der Waals surface area contributed by atoms with E-state index < -0.39 is 0 Å². The standard InChI is InChI=1S/C7H14N2O/c1-5-3-6(2)9(4-5)7(8)10/h5-6H,3-4H2,1-2H3,(H2,8,10). The lowest BCUT2D eigenvalue weighted by atomic mass is 10.1. The predicted molar refractivity (Wildman–Crippen MR) is 39.5 cm³/mol. The van der Waals surface area contributed by atoms with E-state index in [0.29, 0.717) is 12.0 Å². The van der Waals surface area contributed by atoms with Crippen molar-refractivity contribution in [2.75, 3.05) is 6.54 Å². The fraction of sp³-hybridized carbons (Fsp3) is 0.857. The van der Waals surface area contributed by atoms with Gasteiger partial charge in [0.25, 0.3) is 0 Å². The summed E-state index contributed by atoms with van der Waals surface area (Å²) in [5.41, 5.74) is 5.14. The van der Waals surface area contributed by atoms with Crippen molar-refractivity contribution in [1.29, 1.82) is 0 Å². The Morgan fingerprint density at radius 1 is 1.60 bits per heavy atom. The zero-order valence-corrected chi connectivity index (χ0v) is 6.50. The maximum atomic E-state index is 10.7. The molecule has 0 aromatic heterocycles. The van der Waals surface area contributed by atoms with Crippen LogP contribution in [0, 0.1) is 5.92 Å². The van der Waals surface area contributed by atoms with Crippen molar-refractivity contribution in [3.05, 3.63) is 0 Å². The third-order valence-corrected chi connectivity index (χ3v) is 2.07. The van der Waals surface area contributed by atoms with Gasteiger partial charge in [-0.15, -0.1) is 0 Å². The molecule has 3 nitrogen and oxygen atoms in total. The number of nitrogens with two attached hydrogens (primary N) is 1. The van der Waals surface area contributed by atoms with Crippen LogP contribution in [0.15, 0.2) is 0 Å². The van der Waals surface area contributed by atoms with Gasteiger partial charge in [0.2, 0.25) is 0 Å². The maximum absolute atomic E-state index is 10.7. The summed E-state index contributed by atoms with van der Waals surface area (Å²) in [7, 11) is 0. The molecule has 1 rings (SSSR count). The first-order valence-corrected chi connectivity index (χ1v) is 3.67. The van der Waals surface area contributed by atoms with Gasteiger partial charge in [0.05, 0.1) is 0 Å². The minimum atomic E-state index is -0.281. The molecular weight excluding hydrogens is 128 g/mol. The second-order valence-corrected chi connectivity index (χ2v) is 3.18. The van der Waals surface area contributed by atoms with Crippen LogP contribution in [0.4, 0.5) is 4.79 Å². The highest BCUT2D eigenvalue weighted by atomic mass is 16.2. The van der Waals surface area contributed by atoms with Crippen molar-refractivity contribution in [2.24, 2.45) is 11.7 Å². The largest absolute Gasteiger partial charge is 0.351 e. The van der Waals surface area contributed by atoms with Crippen molar-refractivity contribution < 1.29 is 4.79 Å². The number of hydrogen-bond donors (Lipinski definition) is 1. The van der Waals surface area contributed by atoms with Gasteiger partial charge < -0.3 is 10.6 Å². The van der Waals surface area contributed by atoms with Gasteiger partial charge >= 0.3 is 6.03 Å². The number of primary amides is 1. The molecule has 1 fully saturated rings. The molecule has 0 radical (unpaired) electrons. The van der Waals surface area contributed by atoms with Crippen LogP contribution in [-0.4, -0.2) is 23.5 Å². The van der Waals surface area contributed by atoms with Crippen molar-refractivity contribution >= 4 is 6.03 Å². The highest BCUT2D eigenvalue weighted by Gasteiger charge is 2.27. The summed E-state index contributed by atoms with van der Waals surface area (Å²) < 4.78 is 0. The Morgan fingerprint density at radius 2 is 2.20 bits per heavy atom. The molecule has 0 bridgehead atoms. The van der Waals surface area contributed by atoms with Gasteiger partial charge in [-0.3, -0.25) is 0 Å². The first-order valence-electron chi connectivity index (χ1n) is 3.67. The van der Waals surface area contributed by atoms with Gasteiger partial charge in [-0.05, 0) is 19.3 Å². The third kappa shape index (κ3) is 1.23. The highest BCUT2D eigenvalue weighted by Crippen LogP contribution is 2.21. The molecule has 2 atom stereocenters. The van der Waals surface area contributed by atoms with Crippen LogP contribution in [0.2, 0.25) is 0 Å². The molecule has 0 spiro atoms. The van der Waals surface area contributed by atoms with Crippen LogP contribution < -0.4 is 5.73 Å². The normalized spacial score (nSPS) is 32.8. The molecule has 0 aromatic carbocycles. The number of amides is 2. The second-order valence-electron chi connectivity index (χ2n) is 3.18. The molecule has 10 heavy (non-hydrogen) atoms. The molecule has 1 aliphatic heterocycles. The van der Waals surface area contributed by atoms with Gasteiger partial charge in [-0.1, -0.05) is 6.92 Å². The van der Waals surface area contributed by atoms with Gasteiger partial charge in [-0.2, -0.15) is 0 Å². The molecular formula is C7H14N2O. The lowest BCUT2D eigenvalue weighted by Gasteiger charge is -2.17. The van der Waals surface area contributed by atoms with Crippen molar-refractivity contribution in [2.45, 2.75) is 26.3 Å². The van der Waals surface area contributed by atoms with Gasteiger partial charge in [0.1, 0.15) is 0 Å². The first-order chi connectivity index (χ1) is 4.61. The van der Waals surface area contributed by atoms with E-state index in [1.807, 2.05) is 6.92 Å². The predicted octanol–water partition coefficient (Wildman–Crippen LogP) is 0.795. The first kappa shape index (κ1) is 7.38. The smallest absolute Gasteiger partial charge is 0.315 e. The number of hydrogen-bond acceptors (Lipinski definition) is 1. The molecule has 0 aromatic rings. The zero-order valence-electron chi connectivity index (χ0n) is 6.50. The van der Waals surface area contributed by atoms with E-state index >= 15 is 0 Å². The van der Waals surface area contributed by atoms with Crippen LogP contribution in [0.25, 0.3) is 0 Å². The Kier molecular flexibility index (Phi) is 1.83. The SMILES string of the molecule is CC1CC(C)N(C(N)=O)C1. The molecule has 0 saturated carbocycles. The number of carbonyl (C=O) groups excluding carboxylic acids is 1. The topological polar surface area (TPSA) is 46.3 Å². The molecule has 0 aliphatic carbocycles. The Balaban J connectivity index is 2.54. The maximum Gasteiger partial charge on any atom is 0.315 e. The summed E-state index contributed by atoms with van der Waals surface area (Å²) in [5, 5.41) is 0. The number of urea groups is 1. The fourth-order valence-corrected chi connectivity index (χ4v) is 1.61. The van der Waals surface area contributed by atoms with E-state index in [1.54, 1.807) is 4.90 Å². The van der Waals surface area contributed by atoms with Crippen LogP contribution in [0.1, 0.15) is 20.3 Å². The Hall–Kier alpha value is -0.730. The summed E-state index contributed by atoms with van der Waals surface area (Å²) in [5.74, 6) is 0.613. The molecule has 1 heterocycles. The lowest BCUT2D eigenvalue weighted by molar-refractivity contribution is 0.205. The zero-order chi connectivity index (χ0) is 7.72. The molecule has 58 valence electrons. The van der Waals surface area contributed by atoms with Crippen LogP contribution in [0.3, 0.4) is 0 Å². The number of carbonyl (C=O) groups is 1. The number of rotatable bonds is 0. The molecule has 1 saturated heterocycles. The summed E-state index contributed by atoms with van der Waals surface area (Å²) in [6.07, 6.45) is 1.09. The summed E-state index contributed by atoms with van der Waals surface area (Å²) in [6, 6.07) is 0.0596. The Labute approximate surface area is 61.2 Å². The highest BCUT2D eigenvalue weighted by molar-refractivity contribution is 5.72. The minimum Gasteiger partial charge on any atom is -0.351 e. The monoisotopic (exact) mass is 142 g/mol. The molecule has 3 heteroatoms. The fourth-order valence-electron chi connectivity index (χ4n) is 1.61. The number of nitrogens with zero attached hydrogens (tertiary/aromatic N) is 1. The van der Waals surface area contributed by atoms with Crippen LogP contribution in [0.5, 0.6) is 0 Å². The van der Waals surface area contributed by atoms with Gasteiger partial charge in [-0.25, -0.2) is 4.79 Å². The average Bonchev–Trinajstić information content (AvgIpc) is 2.10. The summed E-state index contributed by atoms with van der Waals surface area (Å²) in [6.45, 7) is 5.00. The van der Waals surface area contributed by atoms with E-state index in [-0.39, 0.29) is 6.03 Å². The Bertz CT molecular complexity index is 147. The molecule has 1 aliphatic rings. The van der Waals surface area contributed by atoms with E-state index in [9.17, 15) is 4.79 Å². The summed E-state index contributed by atoms with van der Waals surface area (Å²) >= 11 is 0. The van der Waals surface area contributed by atoms with Gasteiger partial charge in [0.15, 0.2) is 0 Å². The molecule has 2 unspecified atom stereocenters. The van der Waals surface area contributed by atoms with E-state index in [1.165, 1.54) is 0 Å². The lowest BCUT2D eigenvalue weighted by Crippen LogP contribution is -2.38. The van der Waals surface area contributed by atoms with E-state index in [2.05, 4.69) is 6.92 Å². The second kappa shape index (κ2) is 2.48. The quantitative estimate of drug-likeness (QED) is 0.534. The van der Waals surface area contributed by atoms with Crippen LogP contribution in [-0.2, 0) is 0 Å². The number of likely N-dealkylation sites (tertiary alicyclic amines) is 1. The third-order valence-electron chi connectivity index (χ3n) is 2.07. The molecule has 2 amide bonds. The summed E-state index contributed by atoms with van der Waals surface area (Å²) in [4.78, 5) is 12.4. The van der Waals surface area contributed by atoms with Crippen LogP contribution >= 0.6 is 0 Å². The van der Waals surface area contributed by atoms with Gasteiger partial charge in [0, 0.05) is 12.6 Å². The van der Waals surface area contributed by atoms with E-state index in [0.717, 1.165) is 13.0 Å². The van der Waals surface area contributed by atoms with E-state index in [4.69, 9.17) is 5.73 Å². The van der Waals surface area contributed by atoms with Crippen molar-refractivity contribution in [3.63, 3.8) is 0 Å². The Morgan fingerprint density at radius 3 is 2.40 bits per heavy atom. The van der Waals surface area contributed by atoms with Crippen molar-refractivity contribution in [1.82, 2.24) is 4.90 Å². The minimum absolute atomic E-state index is 0.281. The molecule has 2 N–H and O–H groups in total. The average molecular weight is 142 g/mol.